The molecule has 1 atom stereocenters. The molecule has 1 heterocycles. The Morgan fingerprint density at radius 2 is 1.83 bits per heavy atom. The first kappa shape index (κ1) is 24.8. The van der Waals surface area contributed by atoms with Gasteiger partial charge in [0.1, 0.15) is 11.4 Å². The largest absolute Gasteiger partial charge is 0.487 e. The van der Waals surface area contributed by atoms with Crippen LogP contribution in [-0.2, 0) is 4.79 Å². The Bertz CT molecular complexity index is 744. The monoisotopic (exact) mass is 528 g/mol. The maximum Gasteiger partial charge on any atom is 0.227 e. The molecule has 168 valence electrons. The van der Waals surface area contributed by atoms with E-state index in [1.165, 1.54) is 18.4 Å². The van der Waals surface area contributed by atoms with Crippen molar-refractivity contribution in [1.29, 1.82) is 0 Å². The van der Waals surface area contributed by atoms with Gasteiger partial charge in [0.15, 0.2) is 5.96 Å². The van der Waals surface area contributed by atoms with E-state index < -0.39 is 5.41 Å². The number of carbonyl (C=O) groups is 1. The number of amides is 1. The van der Waals surface area contributed by atoms with Gasteiger partial charge in [-0.3, -0.25) is 9.79 Å². The van der Waals surface area contributed by atoms with Crippen molar-refractivity contribution in [3.63, 3.8) is 0 Å². The molecule has 1 spiro atoms. The average Bonchev–Trinajstić information content (AvgIpc) is 3.14. The number of aliphatic imine (C=N–C) groups is 1. The maximum absolute atomic E-state index is 12.3. The molecule has 7 heteroatoms. The van der Waals surface area contributed by atoms with Crippen LogP contribution < -0.4 is 20.7 Å². The van der Waals surface area contributed by atoms with Crippen molar-refractivity contribution in [3.05, 3.63) is 29.8 Å². The van der Waals surface area contributed by atoms with Crippen LogP contribution in [0.25, 0.3) is 0 Å². The van der Waals surface area contributed by atoms with Gasteiger partial charge < -0.3 is 20.7 Å². The summed E-state index contributed by atoms with van der Waals surface area (Å²) in [6, 6.07) is 8.45. The molecule has 6 nitrogen and oxygen atoms in total. The quantitative estimate of drug-likeness (QED) is 0.295. The van der Waals surface area contributed by atoms with E-state index in [-0.39, 0.29) is 41.5 Å². The molecular weight excluding hydrogens is 491 g/mol. The zero-order chi connectivity index (χ0) is 20.9. The lowest BCUT2D eigenvalue weighted by molar-refractivity contribution is -0.128. The molecule has 1 unspecified atom stereocenters. The number of hydrogen-bond donors (Lipinski definition) is 3. The molecule has 1 fully saturated rings. The second-order valence-electron chi connectivity index (χ2n) is 8.87. The van der Waals surface area contributed by atoms with Gasteiger partial charge in [0.05, 0.1) is 18.0 Å². The summed E-state index contributed by atoms with van der Waals surface area (Å²) < 4.78 is 6.47. The summed E-state index contributed by atoms with van der Waals surface area (Å²) in [4.78, 5) is 17.1. The maximum atomic E-state index is 12.3. The second-order valence-corrected chi connectivity index (χ2v) is 8.87. The number of rotatable bonds is 6. The van der Waals surface area contributed by atoms with Gasteiger partial charge in [-0.2, -0.15) is 0 Å². The number of nitrogens with one attached hydrogen (secondary N) is 3. The molecule has 1 saturated carbocycles. The lowest BCUT2D eigenvalue weighted by Gasteiger charge is -2.40. The van der Waals surface area contributed by atoms with Gasteiger partial charge in [0, 0.05) is 25.1 Å². The highest BCUT2D eigenvalue weighted by molar-refractivity contribution is 14.0. The van der Waals surface area contributed by atoms with E-state index >= 15 is 0 Å². The Morgan fingerprint density at radius 3 is 2.50 bits per heavy atom. The fourth-order valence-electron chi connectivity index (χ4n) is 4.31. The molecule has 30 heavy (non-hydrogen) atoms. The smallest absolute Gasteiger partial charge is 0.227 e. The fraction of sp³-hybridized carbons (Fsp3) is 0.652. The number of guanidine groups is 1. The van der Waals surface area contributed by atoms with E-state index in [9.17, 15) is 4.79 Å². The van der Waals surface area contributed by atoms with Crippen LogP contribution in [0.15, 0.2) is 29.3 Å². The Morgan fingerprint density at radius 1 is 1.17 bits per heavy atom. The number of carbonyl (C=O) groups excluding carboxylic acids is 1. The third kappa shape index (κ3) is 5.80. The highest BCUT2D eigenvalue weighted by Gasteiger charge is 2.43. The summed E-state index contributed by atoms with van der Waals surface area (Å²) in [5, 5.41) is 9.89. The van der Waals surface area contributed by atoms with E-state index in [1.807, 2.05) is 26.8 Å². The molecule has 0 saturated heterocycles. The zero-order valence-corrected chi connectivity index (χ0v) is 21.0. The number of nitrogens with zero attached hydrogens (tertiary/aromatic N) is 1. The van der Waals surface area contributed by atoms with Gasteiger partial charge in [-0.05, 0) is 59.4 Å². The summed E-state index contributed by atoms with van der Waals surface area (Å²) in [7, 11) is 0. The summed E-state index contributed by atoms with van der Waals surface area (Å²) in [5.41, 5.74) is 0.557. The predicted octanol–water partition coefficient (Wildman–Crippen LogP) is 4.16. The van der Waals surface area contributed by atoms with E-state index in [0.717, 1.165) is 37.5 Å². The standard InChI is InChI=1S/C23H36N4O2.HI/c1-5-24-20(28)22(3,4)16-26-21(25-6-2)27-18-15-23(13-9-10-14-23)29-19-12-8-7-11-17(18)19;/h7-8,11-12,18H,5-6,9-10,13-16H2,1-4H3,(H,24,28)(H2,25,26,27);1H. The normalized spacial score (nSPS) is 20.0. The minimum Gasteiger partial charge on any atom is -0.487 e. The first-order valence-corrected chi connectivity index (χ1v) is 11.0. The van der Waals surface area contributed by atoms with Gasteiger partial charge in [-0.15, -0.1) is 24.0 Å². The molecule has 0 radical (unpaired) electrons. The topological polar surface area (TPSA) is 74.8 Å². The van der Waals surface area contributed by atoms with Crippen LogP contribution in [0.1, 0.15) is 71.4 Å². The molecule has 1 aromatic carbocycles. The number of benzene rings is 1. The predicted molar refractivity (Wildman–Crippen MR) is 133 cm³/mol. The first-order chi connectivity index (χ1) is 13.9. The molecule has 1 aromatic rings. The van der Waals surface area contributed by atoms with E-state index in [0.29, 0.717) is 13.1 Å². The Hall–Kier alpha value is -1.51. The number of halogens is 1. The van der Waals surface area contributed by atoms with Crippen LogP contribution in [0.3, 0.4) is 0 Å². The highest BCUT2D eigenvalue weighted by Crippen LogP contribution is 2.46. The highest BCUT2D eigenvalue weighted by atomic mass is 127. The van der Waals surface area contributed by atoms with Gasteiger partial charge in [0.2, 0.25) is 5.91 Å². The number of hydrogen-bond acceptors (Lipinski definition) is 3. The summed E-state index contributed by atoms with van der Waals surface area (Å²) in [6.07, 6.45) is 5.61. The van der Waals surface area contributed by atoms with E-state index in [1.54, 1.807) is 0 Å². The molecular formula is C23H37IN4O2. The van der Waals surface area contributed by atoms with Crippen molar-refractivity contribution in [2.24, 2.45) is 10.4 Å². The van der Waals surface area contributed by atoms with Gasteiger partial charge in [-0.25, -0.2) is 0 Å². The van der Waals surface area contributed by atoms with Crippen molar-refractivity contribution in [2.75, 3.05) is 19.6 Å². The van der Waals surface area contributed by atoms with Crippen molar-refractivity contribution in [2.45, 2.75) is 71.4 Å². The first-order valence-electron chi connectivity index (χ1n) is 11.0. The number of para-hydroxylation sites is 1. The van der Waals surface area contributed by atoms with Crippen LogP contribution >= 0.6 is 24.0 Å². The van der Waals surface area contributed by atoms with Gasteiger partial charge in [-0.1, -0.05) is 18.2 Å². The molecule has 1 amide bonds. The molecule has 1 aliphatic carbocycles. The summed E-state index contributed by atoms with van der Waals surface area (Å²) in [5.74, 6) is 1.76. The molecule has 3 N–H and O–H groups in total. The second kappa shape index (κ2) is 10.7. The molecule has 0 bridgehead atoms. The molecule has 2 aliphatic rings. The summed E-state index contributed by atoms with van der Waals surface area (Å²) in [6.45, 7) is 9.68. The van der Waals surface area contributed by atoms with Crippen LogP contribution in [0.2, 0.25) is 0 Å². The van der Waals surface area contributed by atoms with Crippen molar-refractivity contribution < 1.29 is 9.53 Å². The third-order valence-corrected chi connectivity index (χ3v) is 5.95. The van der Waals surface area contributed by atoms with Crippen molar-refractivity contribution >= 4 is 35.8 Å². The van der Waals surface area contributed by atoms with E-state index in [2.05, 4.69) is 41.1 Å². The average molecular weight is 528 g/mol. The SMILES string of the molecule is CCNC(=O)C(C)(C)CN=C(NCC)NC1CC2(CCCC2)Oc2ccccc21.I. The fourth-order valence-corrected chi connectivity index (χ4v) is 4.31. The van der Waals surface area contributed by atoms with Crippen LogP contribution in [0, 0.1) is 5.41 Å². The third-order valence-electron chi connectivity index (χ3n) is 5.95. The Balaban J connectivity index is 0.00000320. The zero-order valence-electron chi connectivity index (χ0n) is 18.7. The molecule has 3 rings (SSSR count). The molecule has 0 aromatic heterocycles. The van der Waals surface area contributed by atoms with Crippen molar-refractivity contribution in [3.8, 4) is 5.75 Å². The van der Waals surface area contributed by atoms with Crippen LogP contribution in [-0.4, -0.2) is 37.1 Å². The summed E-state index contributed by atoms with van der Waals surface area (Å²) >= 11 is 0. The number of fused-ring (bicyclic) bond motifs is 1. The van der Waals surface area contributed by atoms with Gasteiger partial charge in [0.25, 0.3) is 0 Å². The Kier molecular flexibility index (Phi) is 8.82. The van der Waals surface area contributed by atoms with Crippen LogP contribution in [0.4, 0.5) is 0 Å². The molecule has 1 aliphatic heterocycles. The van der Waals surface area contributed by atoms with E-state index in [4.69, 9.17) is 9.73 Å². The number of ether oxygens (including phenoxy) is 1. The lowest BCUT2D eigenvalue weighted by atomic mass is 9.86. The minimum absolute atomic E-state index is 0. The van der Waals surface area contributed by atoms with Crippen LogP contribution in [0.5, 0.6) is 5.75 Å². The van der Waals surface area contributed by atoms with Gasteiger partial charge >= 0.3 is 0 Å². The Labute approximate surface area is 198 Å². The minimum atomic E-state index is -0.557. The lowest BCUT2D eigenvalue weighted by Crippen LogP contribution is -2.47. The van der Waals surface area contributed by atoms with Crippen molar-refractivity contribution in [1.82, 2.24) is 16.0 Å².